The van der Waals surface area contributed by atoms with Gasteiger partial charge in [-0.25, -0.2) is 0 Å². The largest absolute Gasteiger partial charge is 0.468 e. The summed E-state index contributed by atoms with van der Waals surface area (Å²) in [7, 11) is 0. The standard InChI is InChI=1S/C64H62O14/c1-63(35-67-36-63)39-69-43-73-51-17-11-47(12-18-51)31-33-65-41-71-53-21-25-55(26-22-53)75-45-77-59-29-15-49-7-3-5-9-57(49)61(59)62-58-10-6-4-8-50(58)16-30-60(62)78-46-76-56-27-23-54(24-28-56)72-42-66-34-32-48-13-19-52(20-14-48)74-44-70-40-64(2)37-68-38-64/h3-34H,35-46H2,1-2H3/b33-31+,34-32+. The molecule has 8 aromatic carbocycles. The van der Waals surface area contributed by atoms with E-state index in [1.807, 2.05) is 158 Å². The van der Waals surface area contributed by atoms with E-state index in [9.17, 15) is 0 Å². The molecule has 2 fully saturated rings. The number of ether oxygens (including phenoxy) is 14. The van der Waals surface area contributed by atoms with E-state index in [0.717, 1.165) is 81.7 Å². The SMILES string of the molecule is CC1(COCOc2ccc(/C=C/OCOc3ccc(OCOc4ccc5ccccc5c4-c4c(OCOc5ccc(OCO/C=C/c6ccc(OCOCC7(C)COC7)cc6)cc5)ccc5ccccc45)cc3)cc2)COC1. The summed E-state index contributed by atoms with van der Waals surface area (Å²) in [5, 5.41) is 4.08. The van der Waals surface area contributed by atoms with Gasteiger partial charge in [-0.1, -0.05) is 98.8 Å². The highest BCUT2D eigenvalue weighted by Crippen LogP contribution is 2.46. The van der Waals surface area contributed by atoms with Gasteiger partial charge in [0.25, 0.3) is 0 Å². The lowest BCUT2D eigenvalue weighted by atomic mass is 9.90. The maximum Gasteiger partial charge on any atom is 0.230 e. The molecule has 0 atom stereocenters. The number of rotatable bonds is 29. The van der Waals surface area contributed by atoms with E-state index in [-0.39, 0.29) is 51.6 Å². The molecule has 0 aliphatic carbocycles. The Bertz CT molecular complexity index is 3000. The van der Waals surface area contributed by atoms with Gasteiger partial charge in [0.05, 0.1) is 52.2 Å². The van der Waals surface area contributed by atoms with Gasteiger partial charge in [-0.2, -0.15) is 0 Å². The fourth-order valence-electron chi connectivity index (χ4n) is 8.60. The quantitative estimate of drug-likeness (QED) is 0.0250. The van der Waals surface area contributed by atoms with Crippen molar-refractivity contribution in [3.05, 3.63) is 194 Å². The fraction of sp³-hybridized carbons (Fsp3) is 0.250. The molecule has 2 aliphatic heterocycles. The van der Waals surface area contributed by atoms with Gasteiger partial charge in [-0.15, -0.1) is 0 Å². The predicted octanol–water partition coefficient (Wildman–Crippen LogP) is 13.3. The molecule has 0 saturated carbocycles. The van der Waals surface area contributed by atoms with Crippen LogP contribution in [-0.2, 0) is 28.4 Å². The van der Waals surface area contributed by atoms with Crippen LogP contribution >= 0.6 is 0 Å². The molecule has 14 nitrogen and oxygen atoms in total. The first-order chi connectivity index (χ1) is 38.3. The van der Waals surface area contributed by atoms with Crippen LogP contribution in [0.5, 0.6) is 46.0 Å². The minimum Gasteiger partial charge on any atom is -0.468 e. The third-order valence-electron chi connectivity index (χ3n) is 12.9. The van der Waals surface area contributed by atoms with E-state index in [1.54, 1.807) is 12.5 Å². The van der Waals surface area contributed by atoms with Crippen LogP contribution in [0.25, 0.3) is 44.8 Å². The van der Waals surface area contributed by atoms with Crippen molar-refractivity contribution in [1.82, 2.24) is 0 Å². The molecule has 402 valence electrons. The molecule has 10 rings (SSSR count). The average molecular weight is 1060 g/mol. The van der Waals surface area contributed by atoms with Crippen LogP contribution in [0.4, 0.5) is 0 Å². The van der Waals surface area contributed by atoms with Gasteiger partial charge in [-0.05, 0) is 130 Å². The molecule has 8 aromatic rings. The minimum absolute atomic E-state index is 0.0288. The molecule has 2 saturated heterocycles. The monoisotopic (exact) mass is 1050 g/mol. The molecule has 0 amide bonds. The van der Waals surface area contributed by atoms with E-state index in [0.29, 0.717) is 47.7 Å². The maximum absolute atomic E-state index is 6.47. The molecule has 0 bridgehead atoms. The number of hydrogen-bond acceptors (Lipinski definition) is 14. The fourth-order valence-corrected chi connectivity index (χ4v) is 8.60. The van der Waals surface area contributed by atoms with E-state index < -0.39 is 0 Å². The molecule has 0 spiro atoms. The van der Waals surface area contributed by atoms with Gasteiger partial charge in [0.15, 0.2) is 13.6 Å². The number of fused-ring (bicyclic) bond motifs is 2. The second-order valence-electron chi connectivity index (χ2n) is 19.5. The summed E-state index contributed by atoms with van der Waals surface area (Å²) >= 11 is 0. The first-order valence-electron chi connectivity index (χ1n) is 25.7. The van der Waals surface area contributed by atoms with E-state index in [1.165, 1.54) is 0 Å². The van der Waals surface area contributed by atoms with Crippen LogP contribution in [0.2, 0.25) is 0 Å². The van der Waals surface area contributed by atoms with Crippen molar-refractivity contribution in [3.63, 3.8) is 0 Å². The van der Waals surface area contributed by atoms with Gasteiger partial charge in [-0.3, -0.25) is 0 Å². The molecule has 14 heteroatoms. The van der Waals surface area contributed by atoms with Crippen molar-refractivity contribution in [3.8, 4) is 57.1 Å². The predicted molar refractivity (Wildman–Crippen MR) is 297 cm³/mol. The second kappa shape index (κ2) is 26.1. The van der Waals surface area contributed by atoms with Gasteiger partial charge >= 0.3 is 0 Å². The van der Waals surface area contributed by atoms with Crippen molar-refractivity contribution in [2.75, 3.05) is 80.4 Å². The van der Waals surface area contributed by atoms with E-state index in [4.69, 9.17) is 66.3 Å². The third-order valence-corrected chi connectivity index (χ3v) is 12.9. The highest BCUT2D eigenvalue weighted by Gasteiger charge is 2.34. The van der Waals surface area contributed by atoms with Crippen LogP contribution in [0.15, 0.2) is 182 Å². The summed E-state index contributed by atoms with van der Waals surface area (Å²) < 4.78 is 81.2. The highest BCUT2D eigenvalue weighted by molar-refractivity contribution is 6.09. The Hall–Kier alpha value is -8.40. The van der Waals surface area contributed by atoms with Crippen molar-refractivity contribution in [2.45, 2.75) is 13.8 Å². The summed E-state index contributed by atoms with van der Waals surface area (Å²) in [5.74, 6) is 5.17. The summed E-state index contributed by atoms with van der Waals surface area (Å²) in [4.78, 5) is 0. The van der Waals surface area contributed by atoms with E-state index >= 15 is 0 Å². The van der Waals surface area contributed by atoms with Crippen LogP contribution in [0, 0.1) is 10.8 Å². The molecule has 0 radical (unpaired) electrons. The van der Waals surface area contributed by atoms with Crippen LogP contribution in [0.3, 0.4) is 0 Å². The van der Waals surface area contributed by atoms with Crippen molar-refractivity contribution >= 4 is 33.7 Å². The molecule has 78 heavy (non-hydrogen) atoms. The third kappa shape index (κ3) is 14.5. The average Bonchev–Trinajstić information content (AvgIpc) is 3.46. The normalized spacial score (nSPS) is 14.3. The lowest BCUT2D eigenvalue weighted by molar-refractivity contribution is -0.151. The zero-order valence-corrected chi connectivity index (χ0v) is 43.7. The number of benzene rings is 8. The molecule has 0 aromatic heterocycles. The van der Waals surface area contributed by atoms with Crippen LogP contribution < -0.4 is 37.9 Å². The Balaban J connectivity index is 0.690. The zero-order chi connectivity index (χ0) is 53.2. The topological polar surface area (TPSA) is 129 Å². The Morgan fingerprint density at radius 1 is 0.359 bits per heavy atom. The Morgan fingerprint density at radius 2 is 0.692 bits per heavy atom. The van der Waals surface area contributed by atoms with Gasteiger partial charge < -0.3 is 66.3 Å². The number of hydrogen-bond donors (Lipinski definition) is 0. The summed E-state index contributed by atoms with van der Waals surface area (Å²) in [5.41, 5.74) is 3.82. The Kier molecular flexibility index (Phi) is 17.7. The lowest BCUT2D eigenvalue weighted by Gasteiger charge is -2.37. The van der Waals surface area contributed by atoms with Crippen LogP contribution in [0.1, 0.15) is 25.0 Å². The summed E-state index contributed by atoms with van der Waals surface area (Å²) in [6.07, 6.45) is 6.89. The van der Waals surface area contributed by atoms with Crippen molar-refractivity contribution in [2.24, 2.45) is 10.8 Å². The highest BCUT2D eigenvalue weighted by atomic mass is 16.7. The molecular formula is C64H62O14. The molecule has 0 N–H and O–H groups in total. The molecule has 0 unspecified atom stereocenters. The summed E-state index contributed by atoms with van der Waals surface area (Å²) in [6, 6.07) is 54.3. The van der Waals surface area contributed by atoms with Gasteiger partial charge in [0.1, 0.15) is 46.0 Å². The van der Waals surface area contributed by atoms with Gasteiger partial charge in [0.2, 0.25) is 27.2 Å². The van der Waals surface area contributed by atoms with Crippen molar-refractivity contribution < 1.29 is 66.3 Å². The smallest absolute Gasteiger partial charge is 0.230 e. The Labute approximate surface area is 454 Å². The first-order valence-corrected chi connectivity index (χ1v) is 25.7. The zero-order valence-electron chi connectivity index (χ0n) is 43.7. The Morgan fingerprint density at radius 3 is 1.05 bits per heavy atom. The molecule has 2 heterocycles. The van der Waals surface area contributed by atoms with Gasteiger partial charge in [0, 0.05) is 22.0 Å². The van der Waals surface area contributed by atoms with Crippen molar-refractivity contribution in [1.29, 1.82) is 0 Å². The molecular weight excluding hydrogens is 993 g/mol. The first kappa shape index (κ1) is 53.0. The molecule has 2 aliphatic rings. The second-order valence-corrected chi connectivity index (χ2v) is 19.5. The summed E-state index contributed by atoms with van der Waals surface area (Å²) in [6.45, 7) is 8.72. The maximum atomic E-state index is 6.47. The van der Waals surface area contributed by atoms with E-state index in [2.05, 4.69) is 38.1 Å². The lowest BCUT2D eigenvalue weighted by Crippen LogP contribution is -2.43. The van der Waals surface area contributed by atoms with Crippen LogP contribution in [-0.4, -0.2) is 80.4 Å². The minimum atomic E-state index is -0.0547.